The van der Waals surface area contributed by atoms with Crippen LogP contribution in [0.4, 0.5) is 8.78 Å². The molecule has 0 bridgehead atoms. The van der Waals surface area contributed by atoms with Crippen molar-refractivity contribution in [2.45, 2.75) is 25.2 Å². The van der Waals surface area contributed by atoms with Crippen LogP contribution in [0.2, 0.25) is 0 Å². The molecular formula is C13H15F2NOS. The summed E-state index contributed by atoms with van der Waals surface area (Å²) in [6.07, 6.45) is 0.892. The molecule has 1 saturated carbocycles. The third kappa shape index (κ3) is 2.05. The molecule has 1 aliphatic carbocycles. The van der Waals surface area contributed by atoms with Gasteiger partial charge < -0.3 is 4.90 Å². The topological polar surface area (TPSA) is 20.3 Å². The summed E-state index contributed by atoms with van der Waals surface area (Å²) in [5, 5.41) is 3.86. The van der Waals surface area contributed by atoms with Crippen LogP contribution < -0.4 is 0 Å². The molecule has 1 aromatic heterocycles. The minimum absolute atomic E-state index is 0.00507. The van der Waals surface area contributed by atoms with Crippen molar-refractivity contribution in [3.63, 3.8) is 0 Å². The van der Waals surface area contributed by atoms with Crippen LogP contribution in [0.1, 0.15) is 18.4 Å². The maximum absolute atomic E-state index is 13.6. The van der Waals surface area contributed by atoms with Gasteiger partial charge in [0.1, 0.15) is 0 Å². The lowest BCUT2D eigenvalue weighted by Gasteiger charge is -2.20. The Balaban J connectivity index is 1.64. The number of halogens is 2. The van der Waals surface area contributed by atoms with Gasteiger partial charge >= 0.3 is 0 Å². The van der Waals surface area contributed by atoms with E-state index in [0.717, 1.165) is 5.56 Å². The quantitative estimate of drug-likeness (QED) is 0.810. The lowest BCUT2D eigenvalue weighted by molar-refractivity contribution is -0.130. The van der Waals surface area contributed by atoms with Crippen LogP contribution in [0.15, 0.2) is 16.8 Å². The second-order valence-corrected chi connectivity index (χ2v) is 6.05. The molecule has 2 nitrogen and oxygen atoms in total. The molecule has 0 radical (unpaired) electrons. The molecule has 0 unspecified atom stereocenters. The predicted octanol–water partition coefficient (Wildman–Crippen LogP) is 2.79. The molecule has 1 aliphatic heterocycles. The second kappa shape index (κ2) is 4.30. The van der Waals surface area contributed by atoms with Crippen molar-refractivity contribution in [1.29, 1.82) is 0 Å². The van der Waals surface area contributed by atoms with Crippen LogP contribution in [-0.4, -0.2) is 29.8 Å². The zero-order valence-corrected chi connectivity index (χ0v) is 10.8. The zero-order valence-electron chi connectivity index (χ0n) is 9.94. The monoisotopic (exact) mass is 271 g/mol. The fourth-order valence-corrected chi connectivity index (χ4v) is 3.76. The van der Waals surface area contributed by atoms with Crippen LogP contribution in [0.5, 0.6) is 0 Å². The van der Waals surface area contributed by atoms with Crippen LogP contribution in [0.3, 0.4) is 0 Å². The first-order valence-electron chi connectivity index (χ1n) is 6.23. The van der Waals surface area contributed by atoms with E-state index in [1.54, 1.807) is 16.2 Å². The van der Waals surface area contributed by atoms with Crippen molar-refractivity contribution in [3.05, 3.63) is 22.4 Å². The largest absolute Gasteiger partial charge is 0.342 e. The molecule has 0 spiro atoms. The molecule has 0 aromatic carbocycles. The number of hydrogen-bond acceptors (Lipinski definition) is 2. The molecular weight excluding hydrogens is 256 g/mol. The summed E-state index contributed by atoms with van der Waals surface area (Å²) in [7, 11) is 0. The molecule has 0 N–H and O–H groups in total. The van der Waals surface area contributed by atoms with E-state index < -0.39 is 11.8 Å². The van der Waals surface area contributed by atoms with Gasteiger partial charge in [-0.15, -0.1) is 0 Å². The number of amides is 1. The van der Waals surface area contributed by atoms with Gasteiger partial charge in [-0.2, -0.15) is 11.3 Å². The van der Waals surface area contributed by atoms with Crippen molar-refractivity contribution in [2.75, 3.05) is 13.1 Å². The van der Waals surface area contributed by atoms with Crippen molar-refractivity contribution in [2.24, 2.45) is 11.8 Å². The number of hydrogen-bond donors (Lipinski definition) is 0. The van der Waals surface area contributed by atoms with Crippen molar-refractivity contribution in [1.82, 2.24) is 4.90 Å². The van der Waals surface area contributed by atoms with Gasteiger partial charge in [0.15, 0.2) is 0 Å². The van der Waals surface area contributed by atoms with Gasteiger partial charge in [-0.1, -0.05) is 0 Å². The Morgan fingerprint density at radius 2 is 2.33 bits per heavy atom. The Bertz CT molecular complexity index is 446. The Kier molecular flexibility index (Phi) is 2.88. The van der Waals surface area contributed by atoms with E-state index in [9.17, 15) is 13.6 Å². The van der Waals surface area contributed by atoms with Crippen LogP contribution >= 0.6 is 11.3 Å². The molecule has 2 heterocycles. The number of fused-ring (bicyclic) bond motifs is 1. The number of carbonyl (C=O) groups is 1. The normalized spacial score (nSPS) is 29.6. The van der Waals surface area contributed by atoms with E-state index in [4.69, 9.17) is 0 Å². The second-order valence-electron chi connectivity index (χ2n) is 5.27. The van der Waals surface area contributed by atoms with Gasteiger partial charge in [0.05, 0.1) is 6.42 Å². The molecule has 18 heavy (non-hydrogen) atoms. The minimum atomic E-state index is -2.57. The average Bonchev–Trinajstić information content (AvgIpc) is 2.98. The summed E-state index contributed by atoms with van der Waals surface area (Å²) >= 11 is 1.55. The van der Waals surface area contributed by atoms with Gasteiger partial charge in [0, 0.05) is 25.4 Å². The first-order chi connectivity index (χ1) is 8.56. The summed E-state index contributed by atoms with van der Waals surface area (Å²) in [5.41, 5.74) is 0.980. The lowest BCUT2D eigenvalue weighted by Crippen LogP contribution is -2.33. The summed E-state index contributed by atoms with van der Waals surface area (Å²) in [6.45, 7) is 0.754. The van der Waals surface area contributed by atoms with E-state index in [1.807, 2.05) is 16.8 Å². The van der Waals surface area contributed by atoms with E-state index in [-0.39, 0.29) is 24.8 Å². The Morgan fingerprint density at radius 3 is 3.00 bits per heavy atom. The van der Waals surface area contributed by atoms with Gasteiger partial charge in [-0.3, -0.25) is 4.79 Å². The Labute approximate surface area is 109 Å². The molecule has 1 amide bonds. The maximum Gasteiger partial charge on any atom is 0.252 e. The SMILES string of the molecule is O=C(Cc1ccsc1)N1C[C@@H]2CCC(F)(F)[C@@H]2C1. The Morgan fingerprint density at radius 1 is 1.50 bits per heavy atom. The summed E-state index contributed by atoms with van der Waals surface area (Å²) in [5.74, 6) is -3.18. The van der Waals surface area contributed by atoms with Gasteiger partial charge in [-0.05, 0) is 34.7 Å². The Hall–Kier alpha value is -0.970. The van der Waals surface area contributed by atoms with Crippen LogP contribution in [0, 0.1) is 11.8 Å². The summed E-state index contributed by atoms with van der Waals surface area (Å²) in [4.78, 5) is 13.7. The van der Waals surface area contributed by atoms with Crippen molar-refractivity contribution in [3.8, 4) is 0 Å². The van der Waals surface area contributed by atoms with Gasteiger partial charge in [0.25, 0.3) is 5.92 Å². The highest BCUT2D eigenvalue weighted by atomic mass is 32.1. The summed E-state index contributed by atoms with van der Waals surface area (Å²) < 4.78 is 27.2. The molecule has 3 rings (SSSR count). The summed E-state index contributed by atoms with van der Waals surface area (Å²) in [6, 6.07) is 1.91. The highest BCUT2D eigenvalue weighted by Gasteiger charge is 2.54. The highest BCUT2D eigenvalue weighted by molar-refractivity contribution is 7.07. The van der Waals surface area contributed by atoms with Gasteiger partial charge in [-0.25, -0.2) is 8.78 Å². The average molecular weight is 271 g/mol. The first-order valence-corrected chi connectivity index (χ1v) is 7.17. The third-order valence-electron chi connectivity index (χ3n) is 4.12. The predicted molar refractivity (Wildman–Crippen MR) is 65.8 cm³/mol. The lowest BCUT2D eigenvalue weighted by atomic mass is 9.99. The molecule has 2 aliphatic rings. The number of carbonyl (C=O) groups excluding carboxylic acids is 1. The van der Waals surface area contributed by atoms with E-state index >= 15 is 0 Å². The standard InChI is InChI=1S/C13H15F2NOS/c14-13(15)3-1-10-6-16(7-11(10)13)12(17)5-9-2-4-18-8-9/h2,4,8,10-11H,1,3,5-7H2/t10-,11+/m0/s1. The van der Waals surface area contributed by atoms with Crippen molar-refractivity contribution < 1.29 is 13.6 Å². The molecule has 2 atom stereocenters. The molecule has 5 heteroatoms. The number of rotatable bonds is 2. The zero-order chi connectivity index (χ0) is 12.8. The minimum Gasteiger partial charge on any atom is -0.342 e. The van der Waals surface area contributed by atoms with E-state index in [2.05, 4.69) is 0 Å². The smallest absolute Gasteiger partial charge is 0.252 e. The number of alkyl halides is 2. The molecule has 2 fully saturated rings. The third-order valence-corrected chi connectivity index (χ3v) is 4.85. The molecule has 98 valence electrons. The fraction of sp³-hybridized carbons (Fsp3) is 0.615. The number of likely N-dealkylation sites (tertiary alicyclic amines) is 1. The van der Waals surface area contributed by atoms with Crippen molar-refractivity contribution >= 4 is 17.2 Å². The first kappa shape index (κ1) is 12.1. The maximum atomic E-state index is 13.6. The fourth-order valence-electron chi connectivity index (χ4n) is 3.09. The number of thiophene rings is 1. The van der Waals surface area contributed by atoms with E-state index in [1.165, 1.54) is 0 Å². The van der Waals surface area contributed by atoms with E-state index in [0.29, 0.717) is 19.4 Å². The number of nitrogens with zero attached hydrogens (tertiary/aromatic N) is 1. The van der Waals surface area contributed by atoms with Crippen LogP contribution in [0.25, 0.3) is 0 Å². The molecule has 1 saturated heterocycles. The highest BCUT2D eigenvalue weighted by Crippen LogP contribution is 2.48. The van der Waals surface area contributed by atoms with Crippen LogP contribution in [-0.2, 0) is 11.2 Å². The van der Waals surface area contributed by atoms with Gasteiger partial charge in [0.2, 0.25) is 5.91 Å². The molecule has 1 aromatic rings.